The van der Waals surface area contributed by atoms with Gasteiger partial charge in [-0.1, -0.05) is 0 Å². The fraction of sp³-hybridized carbons (Fsp3) is 0.438. The average Bonchev–Trinajstić information content (AvgIpc) is 3.28. The Morgan fingerprint density at radius 2 is 2.25 bits per heavy atom. The summed E-state index contributed by atoms with van der Waals surface area (Å²) in [4.78, 5) is 32.1. The molecule has 0 aliphatic carbocycles. The lowest BCUT2D eigenvalue weighted by Crippen LogP contribution is -2.49. The number of furan rings is 1. The van der Waals surface area contributed by atoms with E-state index in [0.29, 0.717) is 25.2 Å². The summed E-state index contributed by atoms with van der Waals surface area (Å²) >= 11 is 1.52. The van der Waals surface area contributed by atoms with Gasteiger partial charge in [0.2, 0.25) is 0 Å². The first kappa shape index (κ1) is 16.5. The minimum Gasteiger partial charge on any atom is -0.472 e. The molecule has 2 aromatic heterocycles. The summed E-state index contributed by atoms with van der Waals surface area (Å²) < 4.78 is 4.96. The van der Waals surface area contributed by atoms with Crippen LogP contribution in [0.3, 0.4) is 0 Å². The molecular formula is C16H20N4O3S. The number of nitrogens with one attached hydrogen (secondary N) is 1. The van der Waals surface area contributed by atoms with Crippen LogP contribution in [-0.4, -0.2) is 52.9 Å². The van der Waals surface area contributed by atoms with E-state index in [1.54, 1.807) is 28.4 Å². The van der Waals surface area contributed by atoms with Gasteiger partial charge in [-0.3, -0.25) is 4.79 Å². The number of carbonyl (C=O) groups excluding carboxylic acids is 2. The molecule has 2 aromatic rings. The summed E-state index contributed by atoms with van der Waals surface area (Å²) in [5.41, 5.74) is 3.21. The maximum Gasteiger partial charge on any atom is 0.317 e. The van der Waals surface area contributed by atoms with E-state index in [1.807, 2.05) is 5.38 Å². The zero-order valence-electron chi connectivity index (χ0n) is 13.5. The van der Waals surface area contributed by atoms with Gasteiger partial charge >= 0.3 is 6.03 Å². The Morgan fingerprint density at radius 3 is 2.88 bits per heavy atom. The molecule has 1 aliphatic heterocycles. The van der Waals surface area contributed by atoms with Crippen molar-refractivity contribution in [1.82, 2.24) is 20.1 Å². The monoisotopic (exact) mass is 348 g/mol. The summed E-state index contributed by atoms with van der Waals surface area (Å²) in [5.74, 6) is -0.0193. The van der Waals surface area contributed by atoms with E-state index in [-0.39, 0.29) is 18.0 Å². The second-order valence-electron chi connectivity index (χ2n) is 5.86. The quantitative estimate of drug-likeness (QED) is 0.918. The van der Waals surface area contributed by atoms with Crippen molar-refractivity contribution in [2.45, 2.75) is 25.4 Å². The number of hydrogen-bond donors (Lipinski definition) is 1. The molecule has 0 saturated carbocycles. The smallest absolute Gasteiger partial charge is 0.317 e. The minimum atomic E-state index is -0.109. The van der Waals surface area contributed by atoms with Crippen LogP contribution in [0.4, 0.5) is 4.79 Å². The van der Waals surface area contributed by atoms with Gasteiger partial charge in [0.05, 0.1) is 29.6 Å². The Kier molecular flexibility index (Phi) is 5.14. The highest BCUT2D eigenvalue weighted by molar-refractivity contribution is 7.07. The van der Waals surface area contributed by atoms with Crippen molar-refractivity contribution >= 4 is 23.3 Å². The van der Waals surface area contributed by atoms with Crippen molar-refractivity contribution < 1.29 is 14.0 Å². The lowest BCUT2D eigenvalue weighted by Gasteiger charge is -2.33. The van der Waals surface area contributed by atoms with Crippen LogP contribution >= 0.6 is 11.3 Å². The van der Waals surface area contributed by atoms with Crippen LogP contribution in [-0.2, 0) is 6.54 Å². The van der Waals surface area contributed by atoms with E-state index >= 15 is 0 Å². The highest BCUT2D eigenvalue weighted by Crippen LogP contribution is 2.15. The van der Waals surface area contributed by atoms with Crippen molar-refractivity contribution in [3.63, 3.8) is 0 Å². The minimum absolute atomic E-state index is 0.0193. The van der Waals surface area contributed by atoms with Crippen molar-refractivity contribution in [2.24, 2.45) is 0 Å². The van der Waals surface area contributed by atoms with E-state index in [0.717, 1.165) is 18.5 Å². The third-order valence-corrected chi connectivity index (χ3v) is 4.74. The molecule has 0 spiro atoms. The molecule has 1 aliphatic rings. The maximum atomic E-state index is 12.2. The third kappa shape index (κ3) is 3.94. The number of hydrogen-bond acceptors (Lipinski definition) is 5. The SMILES string of the molecule is CN(Cc1cscn1)C(=O)NC1CCN(C(=O)c2ccoc2)CC1. The molecule has 0 atom stereocenters. The van der Waals surface area contributed by atoms with Crippen LogP contribution in [0.1, 0.15) is 28.9 Å². The Labute approximate surface area is 144 Å². The van der Waals surface area contributed by atoms with Gasteiger partial charge in [-0.25, -0.2) is 9.78 Å². The zero-order valence-corrected chi connectivity index (χ0v) is 14.3. The van der Waals surface area contributed by atoms with Gasteiger partial charge in [0.15, 0.2) is 0 Å². The number of aromatic nitrogens is 1. The number of carbonyl (C=O) groups is 2. The summed E-state index contributed by atoms with van der Waals surface area (Å²) in [6.45, 7) is 1.75. The highest BCUT2D eigenvalue weighted by atomic mass is 32.1. The van der Waals surface area contributed by atoms with E-state index in [4.69, 9.17) is 4.42 Å². The van der Waals surface area contributed by atoms with Crippen LogP contribution < -0.4 is 5.32 Å². The normalized spacial score (nSPS) is 15.3. The first-order valence-corrected chi connectivity index (χ1v) is 8.78. The Balaban J connectivity index is 1.45. The molecule has 7 nitrogen and oxygen atoms in total. The largest absolute Gasteiger partial charge is 0.472 e. The predicted octanol–water partition coefficient (Wildman–Crippen LogP) is 2.18. The van der Waals surface area contributed by atoms with Crippen LogP contribution in [0.25, 0.3) is 0 Å². The summed E-state index contributed by atoms with van der Waals surface area (Å²) in [7, 11) is 1.76. The molecule has 0 unspecified atom stereocenters. The molecule has 3 rings (SSSR count). The Hall–Kier alpha value is -2.35. The van der Waals surface area contributed by atoms with E-state index in [2.05, 4.69) is 10.3 Å². The van der Waals surface area contributed by atoms with Gasteiger partial charge < -0.3 is 19.5 Å². The number of nitrogens with zero attached hydrogens (tertiary/aromatic N) is 3. The molecule has 0 radical (unpaired) electrons. The fourth-order valence-electron chi connectivity index (χ4n) is 2.71. The molecule has 24 heavy (non-hydrogen) atoms. The summed E-state index contributed by atoms with van der Waals surface area (Å²) in [5, 5.41) is 4.97. The molecule has 0 bridgehead atoms. The lowest BCUT2D eigenvalue weighted by molar-refractivity contribution is 0.0706. The second kappa shape index (κ2) is 7.48. The van der Waals surface area contributed by atoms with Crippen molar-refractivity contribution in [3.05, 3.63) is 40.7 Å². The van der Waals surface area contributed by atoms with E-state index in [1.165, 1.54) is 23.9 Å². The summed E-state index contributed by atoms with van der Waals surface area (Å²) in [6, 6.07) is 1.65. The van der Waals surface area contributed by atoms with Crippen LogP contribution in [0.5, 0.6) is 0 Å². The van der Waals surface area contributed by atoms with Crippen molar-refractivity contribution in [2.75, 3.05) is 20.1 Å². The molecule has 3 amide bonds. The number of thiazole rings is 1. The Bertz CT molecular complexity index is 664. The standard InChI is InChI=1S/C16H20N4O3S/c1-19(8-14-10-24-11-17-14)16(22)18-13-2-5-20(6-3-13)15(21)12-4-7-23-9-12/h4,7,9-11,13H,2-3,5-6,8H2,1H3,(H,18,22). The highest BCUT2D eigenvalue weighted by Gasteiger charge is 2.25. The molecule has 3 heterocycles. The van der Waals surface area contributed by atoms with Crippen molar-refractivity contribution in [1.29, 1.82) is 0 Å². The van der Waals surface area contributed by atoms with Crippen molar-refractivity contribution in [3.8, 4) is 0 Å². The first-order valence-electron chi connectivity index (χ1n) is 7.83. The average molecular weight is 348 g/mol. The van der Waals surface area contributed by atoms with E-state index < -0.39 is 0 Å². The number of likely N-dealkylation sites (tertiary alicyclic amines) is 1. The molecule has 1 fully saturated rings. The molecule has 8 heteroatoms. The molecule has 128 valence electrons. The van der Waals surface area contributed by atoms with Gasteiger partial charge in [-0.15, -0.1) is 11.3 Å². The van der Waals surface area contributed by atoms with Gasteiger partial charge in [0.25, 0.3) is 5.91 Å². The number of rotatable bonds is 4. The van der Waals surface area contributed by atoms with Crippen LogP contribution in [0.15, 0.2) is 33.9 Å². The summed E-state index contributed by atoms with van der Waals surface area (Å²) in [6.07, 6.45) is 4.46. The van der Waals surface area contributed by atoms with Crippen LogP contribution in [0.2, 0.25) is 0 Å². The topological polar surface area (TPSA) is 78.7 Å². The maximum absolute atomic E-state index is 12.2. The Morgan fingerprint density at radius 1 is 1.46 bits per heavy atom. The second-order valence-corrected chi connectivity index (χ2v) is 6.58. The number of urea groups is 1. The van der Waals surface area contributed by atoms with Gasteiger partial charge in [0.1, 0.15) is 6.26 Å². The third-order valence-electron chi connectivity index (χ3n) is 4.11. The van der Waals surface area contributed by atoms with E-state index in [9.17, 15) is 9.59 Å². The van der Waals surface area contributed by atoms with Gasteiger partial charge in [-0.2, -0.15) is 0 Å². The predicted molar refractivity (Wildman–Crippen MR) is 89.7 cm³/mol. The zero-order chi connectivity index (χ0) is 16.9. The fourth-order valence-corrected chi connectivity index (χ4v) is 3.26. The van der Waals surface area contributed by atoms with Gasteiger partial charge in [-0.05, 0) is 18.9 Å². The molecule has 1 saturated heterocycles. The number of piperidine rings is 1. The van der Waals surface area contributed by atoms with Crippen LogP contribution in [0, 0.1) is 0 Å². The number of amides is 3. The lowest BCUT2D eigenvalue weighted by atomic mass is 10.0. The molecular weight excluding hydrogens is 328 g/mol. The van der Waals surface area contributed by atoms with Gasteiger partial charge in [0, 0.05) is 31.6 Å². The first-order chi connectivity index (χ1) is 11.6. The molecule has 0 aromatic carbocycles. The molecule has 1 N–H and O–H groups in total.